The lowest BCUT2D eigenvalue weighted by atomic mass is 9.84. The van der Waals surface area contributed by atoms with Crippen LogP contribution < -0.4 is 5.32 Å². The summed E-state index contributed by atoms with van der Waals surface area (Å²) >= 11 is 7.80. The molecule has 0 bridgehead atoms. The van der Waals surface area contributed by atoms with Crippen molar-refractivity contribution in [3.05, 3.63) is 16.2 Å². The quantitative estimate of drug-likeness (QED) is 0.777. The minimum absolute atomic E-state index is 0.344. The normalized spacial score (nSPS) is 22.6. The van der Waals surface area contributed by atoms with Gasteiger partial charge in [-0.05, 0) is 55.7 Å². The molecule has 0 aliphatic heterocycles. The van der Waals surface area contributed by atoms with Gasteiger partial charge in [0, 0.05) is 10.9 Å². The van der Waals surface area contributed by atoms with E-state index in [-0.39, 0.29) is 0 Å². The molecule has 114 valence electrons. The Morgan fingerprint density at radius 1 is 1.24 bits per heavy atom. The summed E-state index contributed by atoms with van der Waals surface area (Å²) in [7, 11) is 0. The van der Waals surface area contributed by atoms with Crippen molar-refractivity contribution in [2.75, 3.05) is 5.32 Å². The van der Waals surface area contributed by atoms with E-state index in [1.54, 1.807) is 11.3 Å². The molecule has 3 nitrogen and oxygen atoms in total. The van der Waals surface area contributed by atoms with Gasteiger partial charge < -0.3 is 5.32 Å². The van der Waals surface area contributed by atoms with Crippen LogP contribution in [0.5, 0.6) is 0 Å². The van der Waals surface area contributed by atoms with E-state index < -0.39 is 0 Å². The van der Waals surface area contributed by atoms with Crippen molar-refractivity contribution in [2.45, 2.75) is 58.4 Å². The third kappa shape index (κ3) is 3.32. The predicted octanol–water partition coefficient (Wildman–Crippen LogP) is 5.29. The highest BCUT2D eigenvalue weighted by Crippen LogP contribution is 2.33. The van der Waals surface area contributed by atoms with Crippen LogP contribution in [0.1, 0.15) is 50.8 Å². The Hall–Kier alpha value is -0.870. The molecule has 1 fully saturated rings. The fourth-order valence-electron chi connectivity index (χ4n) is 3.14. The van der Waals surface area contributed by atoms with E-state index in [4.69, 9.17) is 11.6 Å². The third-order valence-corrected chi connectivity index (χ3v) is 5.87. The summed E-state index contributed by atoms with van der Waals surface area (Å²) in [6.45, 7) is 4.46. The smallest absolute Gasteiger partial charge is 0.225 e. The highest BCUT2D eigenvalue weighted by Gasteiger charge is 2.21. The highest BCUT2D eigenvalue weighted by molar-refractivity contribution is 7.18. The van der Waals surface area contributed by atoms with Gasteiger partial charge in [0.25, 0.3) is 0 Å². The minimum Gasteiger partial charge on any atom is -0.367 e. The zero-order valence-corrected chi connectivity index (χ0v) is 14.2. The second-order valence-electron chi connectivity index (χ2n) is 5.90. The second-order valence-corrected chi connectivity index (χ2v) is 7.35. The fraction of sp³-hybridized carbons (Fsp3) is 0.625. The average Bonchev–Trinajstić information content (AvgIpc) is 2.91. The number of halogens is 1. The summed E-state index contributed by atoms with van der Waals surface area (Å²) in [6.07, 6.45) is 7.43. The first-order valence-corrected chi connectivity index (χ1v) is 9.11. The number of aromatic nitrogens is 2. The average molecular weight is 324 g/mol. The summed E-state index contributed by atoms with van der Waals surface area (Å²) in [6, 6.07) is 2.73. The first-order valence-electron chi connectivity index (χ1n) is 7.92. The second kappa shape index (κ2) is 6.49. The molecule has 3 rings (SSSR count). The maximum atomic E-state index is 6.08. The van der Waals surface area contributed by atoms with E-state index in [1.807, 2.05) is 0 Å². The first kappa shape index (κ1) is 15.0. The molecule has 0 spiro atoms. The molecule has 1 N–H and O–H groups in total. The molecule has 0 aromatic carbocycles. The lowest BCUT2D eigenvalue weighted by Crippen LogP contribution is -2.26. The number of thiophene rings is 1. The Labute approximate surface area is 135 Å². The number of anilines is 1. The van der Waals surface area contributed by atoms with Crippen LogP contribution in [0.25, 0.3) is 10.2 Å². The van der Waals surface area contributed by atoms with Crippen LogP contribution in [-0.4, -0.2) is 16.0 Å². The maximum absolute atomic E-state index is 6.08. The summed E-state index contributed by atoms with van der Waals surface area (Å²) in [5.74, 6) is 1.82. The minimum atomic E-state index is 0.344. The molecule has 5 heteroatoms. The van der Waals surface area contributed by atoms with Crippen molar-refractivity contribution in [3.8, 4) is 0 Å². The van der Waals surface area contributed by atoms with Gasteiger partial charge in [0.2, 0.25) is 5.28 Å². The molecule has 2 aromatic heterocycles. The SMILES string of the molecule is CCc1cc2c(NC3CCC(CC)CC3)nc(Cl)nc2s1. The van der Waals surface area contributed by atoms with Crippen LogP contribution in [0.3, 0.4) is 0 Å². The molecule has 1 aliphatic carbocycles. The van der Waals surface area contributed by atoms with E-state index in [0.717, 1.165) is 28.4 Å². The van der Waals surface area contributed by atoms with Gasteiger partial charge in [-0.2, -0.15) is 0 Å². The zero-order chi connectivity index (χ0) is 14.8. The lowest BCUT2D eigenvalue weighted by molar-refractivity contribution is 0.330. The van der Waals surface area contributed by atoms with Crippen LogP contribution in [0, 0.1) is 5.92 Å². The van der Waals surface area contributed by atoms with Crippen molar-refractivity contribution in [3.63, 3.8) is 0 Å². The number of rotatable bonds is 4. The molecule has 21 heavy (non-hydrogen) atoms. The van der Waals surface area contributed by atoms with Crippen LogP contribution in [0.2, 0.25) is 5.28 Å². The number of hydrogen-bond acceptors (Lipinski definition) is 4. The van der Waals surface area contributed by atoms with E-state index in [9.17, 15) is 0 Å². The van der Waals surface area contributed by atoms with E-state index in [0.29, 0.717) is 11.3 Å². The number of fused-ring (bicyclic) bond motifs is 1. The van der Waals surface area contributed by atoms with Crippen molar-refractivity contribution in [2.24, 2.45) is 5.92 Å². The molecule has 0 saturated heterocycles. The van der Waals surface area contributed by atoms with Crippen LogP contribution in [0.15, 0.2) is 6.07 Å². The van der Waals surface area contributed by atoms with Gasteiger partial charge >= 0.3 is 0 Å². The maximum Gasteiger partial charge on any atom is 0.225 e. The zero-order valence-electron chi connectivity index (χ0n) is 12.7. The van der Waals surface area contributed by atoms with Crippen molar-refractivity contribution in [1.82, 2.24) is 9.97 Å². The topological polar surface area (TPSA) is 37.8 Å². The van der Waals surface area contributed by atoms with Gasteiger partial charge in [-0.25, -0.2) is 9.97 Å². The summed E-state index contributed by atoms with van der Waals surface area (Å²) in [5, 5.41) is 5.09. The highest BCUT2D eigenvalue weighted by atomic mass is 35.5. The first-order chi connectivity index (χ1) is 10.2. The van der Waals surface area contributed by atoms with Gasteiger partial charge in [0.05, 0.1) is 5.39 Å². The number of nitrogens with one attached hydrogen (secondary N) is 1. The van der Waals surface area contributed by atoms with Crippen molar-refractivity contribution < 1.29 is 0 Å². The third-order valence-electron chi connectivity index (χ3n) is 4.53. The largest absolute Gasteiger partial charge is 0.367 e. The van der Waals surface area contributed by atoms with Crippen LogP contribution in [0.4, 0.5) is 5.82 Å². The molecule has 0 atom stereocenters. The number of aryl methyl sites for hydroxylation is 1. The van der Waals surface area contributed by atoms with Gasteiger partial charge in [-0.3, -0.25) is 0 Å². The van der Waals surface area contributed by atoms with Crippen LogP contribution >= 0.6 is 22.9 Å². The molecular weight excluding hydrogens is 302 g/mol. The van der Waals surface area contributed by atoms with E-state index in [1.165, 1.54) is 37.0 Å². The molecule has 1 saturated carbocycles. The predicted molar refractivity (Wildman–Crippen MR) is 91.5 cm³/mol. The Kier molecular flexibility index (Phi) is 4.65. The molecule has 0 amide bonds. The molecule has 0 unspecified atom stereocenters. The van der Waals surface area contributed by atoms with Crippen LogP contribution in [-0.2, 0) is 6.42 Å². The Bertz CT molecular complexity index is 617. The Morgan fingerprint density at radius 2 is 2.00 bits per heavy atom. The van der Waals surface area contributed by atoms with Crippen molar-refractivity contribution in [1.29, 1.82) is 0 Å². The summed E-state index contributed by atoms with van der Waals surface area (Å²) in [5.41, 5.74) is 0. The fourth-order valence-corrected chi connectivity index (χ4v) is 4.32. The van der Waals surface area contributed by atoms with Crippen molar-refractivity contribution >= 4 is 39.0 Å². The summed E-state index contributed by atoms with van der Waals surface area (Å²) in [4.78, 5) is 11.1. The van der Waals surface area contributed by atoms with E-state index >= 15 is 0 Å². The lowest BCUT2D eigenvalue weighted by Gasteiger charge is -2.28. The van der Waals surface area contributed by atoms with Gasteiger partial charge in [0.15, 0.2) is 0 Å². The standard InChI is InChI=1S/C16H22ClN3S/c1-3-10-5-7-11(8-6-10)18-14-13-9-12(4-2)21-15(13)20-16(17)19-14/h9-11H,3-8H2,1-2H3,(H,18,19,20). The molecule has 2 aromatic rings. The molecule has 2 heterocycles. The summed E-state index contributed by atoms with van der Waals surface area (Å²) < 4.78 is 0. The van der Waals surface area contributed by atoms with E-state index in [2.05, 4.69) is 35.2 Å². The molecular formula is C16H22ClN3S. The Morgan fingerprint density at radius 3 is 2.67 bits per heavy atom. The van der Waals surface area contributed by atoms with Gasteiger partial charge in [-0.15, -0.1) is 11.3 Å². The Balaban J connectivity index is 1.81. The van der Waals surface area contributed by atoms with Gasteiger partial charge in [0.1, 0.15) is 10.6 Å². The monoisotopic (exact) mass is 323 g/mol. The molecule has 1 aliphatic rings. The number of nitrogens with zero attached hydrogens (tertiary/aromatic N) is 2. The number of hydrogen-bond donors (Lipinski definition) is 1. The van der Waals surface area contributed by atoms with Gasteiger partial charge in [-0.1, -0.05) is 20.3 Å². The molecule has 0 radical (unpaired) electrons.